The Kier molecular flexibility index (Phi) is 5.54. The second-order valence-electron chi connectivity index (χ2n) is 6.72. The Labute approximate surface area is 172 Å². The Hall–Kier alpha value is -2.51. The first kappa shape index (κ1) is 18.8. The highest BCUT2D eigenvalue weighted by Crippen LogP contribution is 2.29. The van der Waals surface area contributed by atoms with Gasteiger partial charge < -0.3 is 10.2 Å². The Balaban J connectivity index is 1.30. The van der Waals surface area contributed by atoms with Crippen LogP contribution in [0.25, 0.3) is 10.6 Å². The van der Waals surface area contributed by atoms with Gasteiger partial charge in [-0.15, -0.1) is 22.7 Å². The normalized spacial score (nSPS) is 13.9. The molecule has 2 amide bonds. The van der Waals surface area contributed by atoms with Crippen LogP contribution in [0.5, 0.6) is 0 Å². The Morgan fingerprint density at radius 3 is 2.71 bits per heavy atom. The van der Waals surface area contributed by atoms with Gasteiger partial charge in [0.25, 0.3) is 5.91 Å². The van der Waals surface area contributed by atoms with Gasteiger partial charge in [0.1, 0.15) is 0 Å². The largest absolute Gasteiger partial charge is 0.352 e. The van der Waals surface area contributed by atoms with Gasteiger partial charge in [0.15, 0.2) is 0 Å². The maximum absolute atomic E-state index is 12.4. The number of hydrogen-bond donors (Lipinski definition) is 1. The number of amides is 2. The van der Waals surface area contributed by atoms with Crippen molar-refractivity contribution in [3.63, 3.8) is 0 Å². The number of thiophene rings is 1. The molecule has 144 valence electrons. The van der Waals surface area contributed by atoms with Crippen molar-refractivity contribution in [1.29, 1.82) is 0 Å². The van der Waals surface area contributed by atoms with Gasteiger partial charge in [-0.2, -0.15) is 0 Å². The van der Waals surface area contributed by atoms with Crippen molar-refractivity contribution in [2.24, 2.45) is 0 Å². The number of aromatic nitrogens is 1. The first-order valence-electron chi connectivity index (χ1n) is 9.30. The van der Waals surface area contributed by atoms with Gasteiger partial charge in [0.05, 0.1) is 15.6 Å². The number of anilines is 1. The summed E-state index contributed by atoms with van der Waals surface area (Å²) in [5.41, 5.74) is 2.50. The van der Waals surface area contributed by atoms with Crippen LogP contribution in [0, 0.1) is 6.92 Å². The summed E-state index contributed by atoms with van der Waals surface area (Å²) in [5, 5.41) is 6.11. The van der Waals surface area contributed by atoms with Crippen LogP contribution in [-0.4, -0.2) is 29.9 Å². The molecular formula is C21H21N3O2S2. The molecular weight excluding hydrogens is 390 g/mol. The van der Waals surface area contributed by atoms with E-state index in [-0.39, 0.29) is 11.8 Å². The maximum atomic E-state index is 12.4. The summed E-state index contributed by atoms with van der Waals surface area (Å²) >= 11 is 3.37. The molecule has 1 aromatic carbocycles. The van der Waals surface area contributed by atoms with Crippen molar-refractivity contribution in [1.82, 2.24) is 10.3 Å². The predicted octanol–water partition coefficient (Wildman–Crippen LogP) is 4.28. The summed E-state index contributed by atoms with van der Waals surface area (Å²) in [6.07, 6.45) is 2.29. The lowest BCUT2D eigenvalue weighted by Crippen LogP contribution is -2.26. The molecule has 1 fully saturated rings. The lowest BCUT2D eigenvalue weighted by Gasteiger charge is -2.15. The smallest absolute Gasteiger partial charge is 0.251 e. The van der Waals surface area contributed by atoms with Crippen molar-refractivity contribution in [3.8, 4) is 10.6 Å². The molecule has 5 nitrogen and oxygen atoms in total. The molecule has 0 bridgehead atoms. The SMILES string of the molecule is Cc1nc(-c2ccc(CCNC(=O)c3ccc(N4CCCC4=O)cc3)s2)cs1. The van der Waals surface area contributed by atoms with E-state index < -0.39 is 0 Å². The third-order valence-corrected chi connectivity index (χ3v) is 6.65. The summed E-state index contributed by atoms with van der Waals surface area (Å²) in [5.74, 6) is 0.0616. The van der Waals surface area contributed by atoms with E-state index >= 15 is 0 Å². The van der Waals surface area contributed by atoms with Crippen LogP contribution in [0.3, 0.4) is 0 Å². The fourth-order valence-electron chi connectivity index (χ4n) is 3.24. The number of hydrogen-bond acceptors (Lipinski definition) is 5. The van der Waals surface area contributed by atoms with Crippen LogP contribution in [0.4, 0.5) is 5.69 Å². The maximum Gasteiger partial charge on any atom is 0.251 e. The monoisotopic (exact) mass is 411 g/mol. The highest BCUT2D eigenvalue weighted by Gasteiger charge is 2.21. The molecule has 1 saturated heterocycles. The molecule has 4 rings (SSSR count). The predicted molar refractivity (Wildman–Crippen MR) is 114 cm³/mol. The van der Waals surface area contributed by atoms with Crippen molar-refractivity contribution >= 4 is 40.2 Å². The van der Waals surface area contributed by atoms with Crippen LogP contribution in [0.2, 0.25) is 0 Å². The molecule has 1 aliphatic heterocycles. The average Bonchev–Trinajstić information content (AvgIpc) is 3.43. The van der Waals surface area contributed by atoms with Crippen LogP contribution < -0.4 is 10.2 Å². The standard InChI is InChI=1S/C21H21N3O2S2/c1-14-23-18(13-27-14)19-9-8-17(28-19)10-11-22-21(26)15-4-6-16(7-5-15)24-12-2-3-20(24)25/h4-9,13H,2-3,10-12H2,1H3,(H,22,26). The van der Waals surface area contributed by atoms with Gasteiger partial charge in [-0.05, 0) is 56.2 Å². The molecule has 0 saturated carbocycles. The Bertz CT molecular complexity index is 991. The summed E-state index contributed by atoms with van der Waals surface area (Å²) in [6, 6.07) is 11.4. The van der Waals surface area contributed by atoms with Gasteiger partial charge in [-0.3, -0.25) is 9.59 Å². The second-order valence-corrected chi connectivity index (χ2v) is 8.95. The number of carbonyl (C=O) groups is 2. The van der Waals surface area contributed by atoms with Gasteiger partial charge in [0.2, 0.25) is 5.91 Å². The van der Waals surface area contributed by atoms with Crippen LogP contribution >= 0.6 is 22.7 Å². The molecule has 0 atom stereocenters. The van der Waals surface area contributed by atoms with Crippen molar-refractivity contribution in [3.05, 3.63) is 57.2 Å². The minimum Gasteiger partial charge on any atom is -0.352 e. The first-order valence-corrected chi connectivity index (χ1v) is 11.0. The van der Waals surface area contributed by atoms with Crippen LogP contribution in [0.1, 0.15) is 33.1 Å². The number of carbonyl (C=O) groups excluding carboxylic acids is 2. The van der Waals surface area contributed by atoms with E-state index in [1.807, 2.05) is 19.1 Å². The van der Waals surface area contributed by atoms with Crippen LogP contribution in [0.15, 0.2) is 41.8 Å². The summed E-state index contributed by atoms with van der Waals surface area (Å²) < 4.78 is 0. The lowest BCUT2D eigenvalue weighted by atomic mass is 10.2. The molecule has 1 N–H and O–H groups in total. The number of rotatable bonds is 6. The molecule has 3 aromatic rings. The highest BCUT2D eigenvalue weighted by atomic mass is 32.1. The fraction of sp³-hybridized carbons (Fsp3) is 0.286. The minimum absolute atomic E-state index is 0.0915. The van der Waals surface area contributed by atoms with Crippen molar-refractivity contribution < 1.29 is 9.59 Å². The summed E-state index contributed by atoms with van der Waals surface area (Å²) in [6.45, 7) is 3.35. The first-order chi connectivity index (χ1) is 13.6. The molecule has 2 aromatic heterocycles. The summed E-state index contributed by atoms with van der Waals surface area (Å²) in [7, 11) is 0. The Morgan fingerprint density at radius 1 is 1.21 bits per heavy atom. The molecule has 0 aliphatic carbocycles. The van der Waals surface area contributed by atoms with E-state index in [1.54, 1.807) is 39.7 Å². The molecule has 28 heavy (non-hydrogen) atoms. The second kappa shape index (κ2) is 8.24. The van der Waals surface area contributed by atoms with E-state index in [0.717, 1.165) is 40.7 Å². The number of nitrogens with zero attached hydrogens (tertiary/aromatic N) is 2. The van der Waals surface area contributed by atoms with Gasteiger partial charge in [0, 0.05) is 41.0 Å². The van der Waals surface area contributed by atoms with Gasteiger partial charge in [-0.1, -0.05) is 0 Å². The number of aryl methyl sites for hydroxylation is 1. The fourth-order valence-corrected chi connectivity index (χ4v) is 4.90. The number of nitrogens with one attached hydrogen (secondary N) is 1. The van der Waals surface area contributed by atoms with E-state index in [2.05, 4.69) is 27.8 Å². The zero-order chi connectivity index (χ0) is 19.5. The molecule has 0 unspecified atom stereocenters. The number of benzene rings is 1. The number of thiazole rings is 1. The molecule has 3 heterocycles. The van der Waals surface area contributed by atoms with Gasteiger partial charge in [-0.25, -0.2) is 4.98 Å². The minimum atomic E-state index is -0.0915. The molecule has 0 radical (unpaired) electrons. The van der Waals surface area contributed by atoms with Crippen molar-refractivity contribution in [2.75, 3.05) is 18.0 Å². The zero-order valence-electron chi connectivity index (χ0n) is 15.6. The topological polar surface area (TPSA) is 62.3 Å². The van der Waals surface area contributed by atoms with Gasteiger partial charge >= 0.3 is 0 Å². The summed E-state index contributed by atoms with van der Waals surface area (Å²) in [4.78, 5) is 32.9. The molecule has 0 spiro atoms. The Morgan fingerprint density at radius 2 is 2.04 bits per heavy atom. The average molecular weight is 412 g/mol. The van der Waals surface area contributed by atoms with Crippen molar-refractivity contribution in [2.45, 2.75) is 26.2 Å². The lowest BCUT2D eigenvalue weighted by molar-refractivity contribution is -0.117. The van der Waals surface area contributed by atoms with E-state index in [9.17, 15) is 9.59 Å². The third-order valence-electron chi connectivity index (χ3n) is 4.70. The quantitative estimate of drug-likeness (QED) is 0.659. The highest BCUT2D eigenvalue weighted by molar-refractivity contribution is 7.16. The van der Waals surface area contributed by atoms with E-state index in [4.69, 9.17) is 0 Å². The van der Waals surface area contributed by atoms with E-state index in [0.29, 0.717) is 18.5 Å². The third kappa shape index (κ3) is 4.15. The molecule has 1 aliphatic rings. The zero-order valence-corrected chi connectivity index (χ0v) is 17.2. The van der Waals surface area contributed by atoms with E-state index in [1.165, 1.54) is 4.88 Å². The van der Waals surface area contributed by atoms with Crippen LogP contribution in [-0.2, 0) is 11.2 Å². The molecule has 7 heteroatoms.